The molecule has 1 aromatic carbocycles. The summed E-state index contributed by atoms with van der Waals surface area (Å²) in [4.78, 5) is 23.0. The quantitative estimate of drug-likeness (QED) is 0.503. The van der Waals surface area contributed by atoms with Gasteiger partial charge in [0.05, 0.1) is 6.61 Å². The van der Waals surface area contributed by atoms with Gasteiger partial charge in [-0.1, -0.05) is 12.1 Å². The molecule has 1 aromatic rings. The van der Waals surface area contributed by atoms with Crippen molar-refractivity contribution in [2.75, 3.05) is 46.4 Å². The molecule has 2 aliphatic heterocycles. The van der Waals surface area contributed by atoms with Crippen molar-refractivity contribution in [2.45, 2.75) is 38.2 Å². The number of halogens is 7. The van der Waals surface area contributed by atoms with Crippen LogP contribution in [0.1, 0.15) is 24.8 Å². The van der Waals surface area contributed by atoms with Gasteiger partial charge in [0.2, 0.25) is 0 Å². The summed E-state index contributed by atoms with van der Waals surface area (Å²) in [5.41, 5.74) is 1.61. The normalized spacial score (nSPS) is 23.9. The van der Waals surface area contributed by atoms with Crippen LogP contribution in [0.4, 0.5) is 30.7 Å². The average Bonchev–Trinajstić information content (AvgIpc) is 3.43. The molecule has 0 unspecified atom stereocenters. The van der Waals surface area contributed by atoms with Crippen LogP contribution in [0.2, 0.25) is 0 Å². The lowest BCUT2D eigenvalue weighted by Crippen LogP contribution is -2.36. The largest absolute Gasteiger partial charge is 0.490 e. The lowest BCUT2D eigenvalue weighted by molar-refractivity contribution is -0.193. The Morgan fingerprint density at radius 3 is 1.92 bits per heavy atom. The standard InChI is InChI=1S/C20H29FN2O.2C2HF3O2/c1-24-13-18-12-23(11-16-2-3-16)15-20(18)8-9-22(14-20)10-17-4-6-19(21)7-5-17;2*3-2(4,5)1(6)7/h4-7,16,18H,2-3,8-15H2,1H3;2*(H,6,7)/t18-,20+;;/m1../s1. The number of benzene rings is 1. The smallest absolute Gasteiger partial charge is 0.475 e. The summed E-state index contributed by atoms with van der Waals surface area (Å²) < 4.78 is 82.1. The molecular weight excluding hydrogens is 529 g/mol. The molecule has 1 saturated carbocycles. The molecule has 7 nitrogen and oxygen atoms in total. The molecule has 3 fully saturated rings. The average molecular weight is 561 g/mol. The minimum absolute atomic E-state index is 0.150. The fourth-order valence-electron chi connectivity index (χ4n) is 4.81. The molecule has 0 bridgehead atoms. The molecule has 14 heteroatoms. The van der Waals surface area contributed by atoms with Crippen molar-refractivity contribution in [3.63, 3.8) is 0 Å². The molecule has 2 N–H and O–H groups in total. The van der Waals surface area contributed by atoms with E-state index in [2.05, 4.69) is 9.80 Å². The Kier molecular flexibility index (Phi) is 10.9. The third kappa shape index (κ3) is 10.0. The van der Waals surface area contributed by atoms with Crippen molar-refractivity contribution in [1.82, 2.24) is 9.80 Å². The Bertz CT molecular complexity index is 898. The maximum atomic E-state index is 13.1. The molecule has 2 saturated heterocycles. The van der Waals surface area contributed by atoms with Crippen LogP contribution >= 0.6 is 0 Å². The summed E-state index contributed by atoms with van der Waals surface area (Å²) in [6, 6.07) is 6.98. The monoisotopic (exact) mass is 560 g/mol. The van der Waals surface area contributed by atoms with Gasteiger partial charge >= 0.3 is 24.3 Å². The maximum Gasteiger partial charge on any atom is 0.490 e. The number of rotatable bonds is 6. The number of nitrogens with zero attached hydrogens (tertiary/aromatic N) is 2. The number of hydrogen-bond acceptors (Lipinski definition) is 5. The fourth-order valence-corrected chi connectivity index (χ4v) is 4.81. The van der Waals surface area contributed by atoms with Crippen LogP contribution in [0, 0.1) is 23.1 Å². The second kappa shape index (κ2) is 13.1. The lowest BCUT2D eigenvalue weighted by atomic mass is 9.77. The van der Waals surface area contributed by atoms with E-state index in [-0.39, 0.29) is 5.82 Å². The highest BCUT2D eigenvalue weighted by Crippen LogP contribution is 2.45. The van der Waals surface area contributed by atoms with Crippen LogP contribution in [0.25, 0.3) is 0 Å². The van der Waals surface area contributed by atoms with E-state index in [0.29, 0.717) is 11.3 Å². The number of alkyl halides is 6. The van der Waals surface area contributed by atoms with Gasteiger partial charge in [0.25, 0.3) is 0 Å². The molecule has 216 valence electrons. The zero-order valence-corrected chi connectivity index (χ0v) is 20.7. The first-order valence-corrected chi connectivity index (χ1v) is 11.8. The lowest BCUT2D eigenvalue weighted by Gasteiger charge is -2.30. The summed E-state index contributed by atoms with van der Waals surface area (Å²) in [7, 11) is 1.84. The van der Waals surface area contributed by atoms with Crippen molar-refractivity contribution in [3.8, 4) is 0 Å². The van der Waals surface area contributed by atoms with Crippen LogP contribution in [-0.2, 0) is 20.9 Å². The number of ether oxygens (including phenoxy) is 1. The number of carboxylic acids is 2. The first-order valence-electron chi connectivity index (χ1n) is 11.8. The highest BCUT2D eigenvalue weighted by molar-refractivity contribution is 5.73. The predicted molar refractivity (Wildman–Crippen MR) is 121 cm³/mol. The number of methoxy groups -OCH3 is 1. The third-order valence-corrected chi connectivity index (χ3v) is 6.73. The van der Waals surface area contributed by atoms with E-state index < -0.39 is 24.3 Å². The van der Waals surface area contributed by atoms with Gasteiger partial charge in [0.1, 0.15) is 5.82 Å². The Balaban J connectivity index is 0.000000301. The van der Waals surface area contributed by atoms with Gasteiger partial charge in [0, 0.05) is 51.2 Å². The predicted octanol–water partition coefficient (Wildman–Crippen LogP) is 4.27. The highest BCUT2D eigenvalue weighted by atomic mass is 19.4. The molecular formula is C24H31F7N2O5. The number of hydrogen-bond donors (Lipinski definition) is 2. The van der Waals surface area contributed by atoms with E-state index in [1.165, 1.54) is 44.5 Å². The Hall–Kier alpha value is -2.45. The Labute approximate surface area is 215 Å². The van der Waals surface area contributed by atoms with E-state index in [9.17, 15) is 30.7 Å². The molecule has 3 aliphatic rings. The summed E-state index contributed by atoms with van der Waals surface area (Å²) >= 11 is 0. The zero-order chi connectivity index (χ0) is 28.7. The van der Waals surface area contributed by atoms with E-state index in [0.717, 1.165) is 32.2 Å². The second-order valence-corrected chi connectivity index (χ2v) is 9.85. The minimum atomic E-state index is -5.08. The number of likely N-dealkylation sites (tertiary alicyclic amines) is 2. The van der Waals surface area contributed by atoms with E-state index in [4.69, 9.17) is 24.5 Å². The van der Waals surface area contributed by atoms with Crippen molar-refractivity contribution >= 4 is 11.9 Å². The Morgan fingerprint density at radius 1 is 0.974 bits per heavy atom. The first-order chi connectivity index (χ1) is 17.6. The van der Waals surface area contributed by atoms with Gasteiger partial charge < -0.3 is 19.8 Å². The molecule has 1 spiro atoms. The van der Waals surface area contributed by atoms with Crippen LogP contribution in [0.5, 0.6) is 0 Å². The van der Waals surface area contributed by atoms with Gasteiger partial charge in [0.15, 0.2) is 0 Å². The topological polar surface area (TPSA) is 90.3 Å². The number of carbonyl (C=O) groups is 2. The van der Waals surface area contributed by atoms with Gasteiger partial charge in [-0.15, -0.1) is 0 Å². The second-order valence-electron chi connectivity index (χ2n) is 9.85. The molecule has 0 radical (unpaired) electrons. The van der Waals surface area contributed by atoms with Crippen LogP contribution in [-0.4, -0.2) is 90.7 Å². The van der Waals surface area contributed by atoms with E-state index in [1.807, 2.05) is 19.2 Å². The molecule has 2 heterocycles. The van der Waals surface area contributed by atoms with Gasteiger partial charge in [-0.2, -0.15) is 26.3 Å². The van der Waals surface area contributed by atoms with E-state index in [1.54, 1.807) is 12.1 Å². The van der Waals surface area contributed by atoms with Crippen molar-refractivity contribution in [1.29, 1.82) is 0 Å². The molecule has 1 aliphatic carbocycles. The third-order valence-electron chi connectivity index (χ3n) is 6.73. The molecule has 2 atom stereocenters. The van der Waals surface area contributed by atoms with Crippen molar-refractivity contribution < 1.29 is 55.3 Å². The fraction of sp³-hybridized carbons (Fsp3) is 0.667. The summed E-state index contributed by atoms with van der Waals surface area (Å²) in [6.45, 7) is 7.84. The SMILES string of the molecule is COC[C@H]1CN(CC2CC2)C[C@@]12CCN(Cc1ccc(F)cc1)C2.O=C(O)C(F)(F)F.O=C(O)C(F)(F)F. The maximum absolute atomic E-state index is 13.1. The van der Waals surface area contributed by atoms with Gasteiger partial charge in [-0.05, 0) is 49.4 Å². The summed E-state index contributed by atoms with van der Waals surface area (Å²) in [5.74, 6) is -4.05. The van der Waals surface area contributed by atoms with Gasteiger partial charge in [-0.25, -0.2) is 14.0 Å². The van der Waals surface area contributed by atoms with Crippen LogP contribution in [0.3, 0.4) is 0 Å². The molecule has 0 amide bonds. The molecule has 0 aromatic heterocycles. The minimum Gasteiger partial charge on any atom is -0.475 e. The summed E-state index contributed by atoms with van der Waals surface area (Å²) in [6.07, 6.45) is -6.05. The first kappa shape index (κ1) is 31.8. The highest BCUT2D eigenvalue weighted by Gasteiger charge is 2.50. The van der Waals surface area contributed by atoms with Crippen LogP contribution < -0.4 is 0 Å². The van der Waals surface area contributed by atoms with Gasteiger partial charge in [-0.3, -0.25) is 4.90 Å². The molecule has 38 heavy (non-hydrogen) atoms. The van der Waals surface area contributed by atoms with E-state index >= 15 is 0 Å². The van der Waals surface area contributed by atoms with Crippen LogP contribution in [0.15, 0.2) is 24.3 Å². The van der Waals surface area contributed by atoms with Crippen molar-refractivity contribution in [2.24, 2.45) is 17.3 Å². The zero-order valence-electron chi connectivity index (χ0n) is 20.7. The Morgan fingerprint density at radius 2 is 1.47 bits per heavy atom. The number of aliphatic carboxylic acids is 2. The number of carboxylic acid groups (broad SMARTS) is 2. The van der Waals surface area contributed by atoms with Crippen molar-refractivity contribution in [3.05, 3.63) is 35.6 Å². The summed E-state index contributed by atoms with van der Waals surface area (Å²) in [5, 5.41) is 14.2. The molecule has 4 rings (SSSR count).